The summed E-state index contributed by atoms with van der Waals surface area (Å²) in [5.74, 6) is -0.317. The van der Waals surface area contributed by atoms with E-state index in [-0.39, 0.29) is 18.2 Å². The maximum atomic E-state index is 13.1. The number of nitrogens with one attached hydrogen (secondary N) is 1. The number of carbonyl (C=O) groups is 2. The summed E-state index contributed by atoms with van der Waals surface area (Å²) >= 11 is 6.32. The van der Waals surface area contributed by atoms with Crippen LogP contribution in [-0.4, -0.2) is 65.9 Å². The van der Waals surface area contributed by atoms with Gasteiger partial charge in [0.15, 0.2) is 0 Å². The van der Waals surface area contributed by atoms with Crippen LogP contribution in [0.4, 0.5) is 5.69 Å². The van der Waals surface area contributed by atoms with Crippen LogP contribution in [0.2, 0.25) is 5.02 Å². The molecule has 0 aliphatic carbocycles. The molecule has 1 fully saturated rings. The Morgan fingerprint density at radius 2 is 1.63 bits per heavy atom. The number of halogens is 1. The van der Waals surface area contributed by atoms with Gasteiger partial charge >= 0.3 is 0 Å². The first kappa shape index (κ1) is 19.2. The Hall–Kier alpha value is -2.83. The number of nitrogens with zero attached hydrogens (tertiary/aromatic N) is 3. The quantitative estimate of drug-likeness (QED) is 0.656. The van der Waals surface area contributed by atoms with Gasteiger partial charge in [-0.25, -0.2) is 0 Å². The molecule has 0 spiro atoms. The topological polar surface area (TPSA) is 59.7 Å². The van der Waals surface area contributed by atoms with Crippen molar-refractivity contribution in [3.63, 3.8) is 0 Å². The molecule has 0 bridgehead atoms. The number of benzene rings is 2. The maximum absolute atomic E-state index is 13.1. The summed E-state index contributed by atoms with van der Waals surface area (Å²) in [7, 11) is 0. The first-order valence-electron chi connectivity index (χ1n) is 10.3. The highest BCUT2D eigenvalue weighted by Crippen LogP contribution is 2.28. The van der Waals surface area contributed by atoms with Gasteiger partial charge in [0.25, 0.3) is 5.91 Å². The van der Waals surface area contributed by atoms with E-state index in [2.05, 4.69) is 14.8 Å². The Balaban J connectivity index is 1.23. The van der Waals surface area contributed by atoms with Crippen LogP contribution in [0.5, 0.6) is 0 Å². The van der Waals surface area contributed by atoms with Gasteiger partial charge in [-0.05, 0) is 18.2 Å². The van der Waals surface area contributed by atoms with Gasteiger partial charge in [0.05, 0.1) is 22.7 Å². The summed E-state index contributed by atoms with van der Waals surface area (Å²) in [6.07, 6.45) is 0.246. The molecule has 154 valence electrons. The summed E-state index contributed by atoms with van der Waals surface area (Å²) < 4.78 is 0. The zero-order valence-electron chi connectivity index (χ0n) is 16.6. The number of carbonyl (C=O) groups excluding carboxylic acids is 2. The Kier molecular flexibility index (Phi) is 4.97. The van der Waals surface area contributed by atoms with Crippen molar-refractivity contribution >= 4 is 40.0 Å². The SMILES string of the molecule is O=C1Cc2[nH]c3ccccc3c2C(=O)N1CCN1CCN(c2ccccc2Cl)CC1. The van der Waals surface area contributed by atoms with Crippen LogP contribution in [0.15, 0.2) is 48.5 Å². The Morgan fingerprint density at radius 3 is 2.43 bits per heavy atom. The lowest BCUT2D eigenvalue weighted by molar-refractivity contribution is -0.128. The lowest BCUT2D eigenvalue weighted by Crippen LogP contribution is -2.51. The molecule has 1 N–H and O–H groups in total. The van der Waals surface area contributed by atoms with E-state index in [1.165, 1.54) is 4.90 Å². The van der Waals surface area contributed by atoms with Crippen molar-refractivity contribution in [1.82, 2.24) is 14.8 Å². The number of aromatic amines is 1. The number of para-hydroxylation sites is 2. The molecular formula is C23H23ClN4O2. The van der Waals surface area contributed by atoms with Gasteiger partial charge < -0.3 is 9.88 Å². The minimum absolute atomic E-state index is 0.131. The second-order valence-electron chi connectivity index (χ2n) is 7.83. The van der Waals surface area contributed by atoms with Gasteiger partial charge in [0.1, 0.15) is 0 Å². The molecule has 5 rings (SSSR count). The van der Waals surface area contributed by atoms with Crippen molar-refractivity contribution in [3.05, 3.63) is 64.8 Å². The van der Waals surface area contributed by atoms with Crippen molar-refractivity contribution < 1.29 is 9.59 Å². The highest BCUT2D eigenvalue weighted by molar-refractivity contribution is 6.33. The first-order valence-corrected chi connectivity index (χ1v) is 10.7. The summed E-state index contributed by atoms with van der Waals surface area (Å²) in [6, 6.07) is 15.6. The average molecular weight is 423 g/mol. The Morgan fingerprint density at radius 1 is 0.900 bits per heavy atom. The number of amides is 2. The Labute approximate surface area is 180 Å². The van der Waals surface area contributed by atoms with E-state index in [1.807, 2.05) is 48.5 Å². The average Bonchev–Trinajstić information content (AvgIpc) is 3.12. The van der Waals surface area contributed by atoms with Crippen LogP contribution < -0.4 is 4.90 Å². The number of aromatic nitrogens is 1. The van der Waals surface area contributed by atoms with E-state index in [0.29, 0.717) is 18.7 Å². The molecule has 30 heavy (non-hydrogen) atoms. The zero-order valence-corrected chi connectivity index (χ0v) is 17.4. The van der Waals surface area contributed by atoms with Crippen LogP contribution in [0.3, 0.4) is 0 Å². The van der Waals surface area contributed by atoms with Crippen molar-refractivity contribution in [3.8, 4) is 0 Å². The van der Waals surface area contributed by atoms with Gasteiger partial charge in [0.2, 0.25) is 5.91 Å². The number of anilines is 1. The molecule has 1 saturated heterocycles. The number of hydrogen-bond donors (Lipinski definition) is 1. The van der Waals surface area contributed by atoms with Crippen LogP contribution in [0.1, 0.15) is 16.1 Å². The molecule has 2 aromatic carbocycles. The summed E-state index contributed by atoms with van der Waals surface area (Å²) in [6.45, 7) is 4.60. The minimum Gasteiger partial charge on any atom is -0.368 e. The standard InChI is InChI=1S/C23H23ClN4O2/c24-17-6-2-4-8-20(17)27-12-9-26(10-13-27)11-14-28-21(29)15-19-22(23(28)30)16-5-1-3-7-18(16)25-19/h1-8,25H,9-15H2. The molecule has 3 heterocycles. The molecule has 2 amide bonds. The number of piperazine rings is 1. The predicted octanol–water partition coefficient (Wildman–Crippen LogP) is 3.17. The highest BCUT2D eigenvalue weighted by Gasteiger charge is 2.34. The molecule has 0 radical (unpaired) electrons. The van der Waals surface area contributed by atoms with Crippen LogP contribution in [0.25, 0.3) is 10.9 Å². The van der Waals surface area contributed by atoms with Crippen LogP contribution >= 0.6 is 11.6 Å². The van der Waals surface area contributed by atoms with E-state index in [9.17, 15) is 9.59 Å². The van der Waals surface area contributed by atoms with Gasteiger partial charge in [-0.1, -0.05) is 41.9 Å². The molecule has 1 aromatic heterocycles. The molecule has 0 unspecified atom stereocenters. The summed E-state index contributed by atoms with van der Waals surface area (Å²) in [5.41, 5.74) is 3.35. The fourth-order valence-corrected chi connectivity index (χ4v) is 4.71. The number of hydrogen-bond acceptors (Lipinski definition) is 4. The third kappa shape index (κ3) is 3.36. The van der Waals surface area contributed by atoms with Crippen LogP contribution in [-0.2, 0) is 11.2 Å². The smallest absolute Gasteiger partial charge is 0.262 e. The second kappa shape index (κ2) is 7.78. The number of fused-ring (bicyclic) bond motifs is 3. The van der Waals surface area contributed by atoms with Crippen molar-refractivity contribution in [2.45, 2.75) is 6.42 Å². The van der Waals surface area contributed by atoms with E-state index in [4.69, 9.17) is 11.6 Å². The molecule has 6 nitrogen and oxygen atoms in total. The monoisotopic (exact) mass is 422 g/mol. The molecule has 0 atom stereocenters. The van der Waals surface area contributed by atoms with Gasteiger partial charge in [-0.2, -0.15) is 0 Å². The van der Waals surface area contributed by atoms with E-state index in [1.54, 1.807) is 0 Å². The molecule has 7 heteroatoms. The number of H-pyrrole nitrogens is 1. The Bertz CT molecular complexity index is 1120. The lowest BCUT2D eigenvalue weighted by atomic mass is 10.0. The van der Waals surface area contributed by atoms with E-state index >= 15 is 0 Å². The molecule has 2 aliphatic heterocycles. The lowest BCUT2D eigenvalue weighted by Gasteiger charge is -2.37. The summed E-state index contributed by atoms with van der Waals surface area (Å²) in [4.78, 5) is 35.0. The highest BCUT2D eigenvalue weighted by atomic mass is 35.5. The predicted molar refractivity (Wildman–Crippen MR) is 118 cm³/mol. The summed E-state index contributed by atoms with van der Waals surface area (Å²) in [5, 5.41) is 1.66. The van der Waals surface area contributed by atoms with Crippen molar-refractivity contribution in [2.75, 3.05) is 44.2 Å². The van der Waals surface area contributed by atoms with E-state index < -0.39 is 0 Å². The van der Waals surface area contributed by atoms with Crippen molar-refractivity contribution in [2.24, 2.45) is 0 Å². The van der Waals surface area contributed by atoms with Gasteiger partial charge in [-0.15, -0.1) is 0 Å². The maximum Gasteiger partial charge on any atom is 0.262 e. The largest absolute Gasteiger partial charge is 0.368 e. The second-order valence-corrected chi connectivity index (χ2v) is 8.24. The third-order valence-electron chi connectivity index (χ3n) is 6.08. The van der Waals surface area contributed by atoms with Crippen LogP contribution in [0, 0.1) is 0 Å². The zero-order chi connectivity index (χ0) is 20.7. The number of rotatable bonds is 4. The van der Waals surface area contributed by atoms with E-state index in [0.717, 1.165) is 53.5 Å². The minimum atomic E-state index is -0.187. The molecule has 3 aromatic rings. The van der Waals surface area contributed by atoms with Crippen molar-refractivity contribution in [1.29, 1.82) is 0 Å². The normalized spacial score (nSPS) is 17.6. The number of imide groups is 1. The third-order valence-corrected chi connectivity index (χ3v) is 6.40. The fourth-order valence-electron chi connectivity index (χ4n) is 4.46. The fraction of sp³-hybridized carbons (Fsp3) is 0.304. The van der Waals surface area contributed by atoms with Gasteiger partial charge in [-0.3, -0.25) is 19.4 Å². The molecular weight excluding hydrogens is 400 g/mol. The first-order chi connectivity index (χ1) is 14.6. The van der Waals surface area contributed by atoms with Gasteiger partial charge in [0, 0.05) is 55.9 Å². The molecule has 2 aliphatic rings. The molecule has 0 saturated carbocycles.